The fourth-order valence-electron chi connectivity index (χ4n) is 6.82. The SMILES string of the molecule is O=C(NCCCN1CCN(Cc2ccccc2)CC1)C1c2ccccc2C(=O)N(C2CCCC2)C1c1cccs1. The van der Waals surface area contributed by atoms with Crippen molar-refractivity contribution in [2.24, 2.45) is 0 Å². The number of nitrogens with zero attached hydrogens (tertiary/aromatic N) is 3. The normalized spacial score (nSPS) is 22.4. The molecular formula is C33H40N4O2S. The number of benzene rings is 2. The van der Waals surface area contributed by atoms with E-state index in [4.69, 9.17) is 0 Å². The second-order valence-electron chi connectivity index (χ2n) is 11.4. The van der Waals surface area contributed by atoms with Gasteiger partial charge in [-0.05, 0) is 54.4 Å². The third-order valence-corrected chi connectivity index (χ3v) is 9.82. The molecule has 1 saturated heterocycles. The van der Waals surface area contributed by atoms with E-state index in [0.717, 1.165) is 81.8 Å². The summed E-state index contributed by atoms with van der Waals surface area (Å²) in [5, 5.41) is 5.34. The van der Waals surface area contributed by atoms with Crippen molar-refractivity contribution >= 4 is 23.2 Å². The quantitative estimate of drug-likeness (QED) is 0.364. The van der Waals surface area contributed by atoms with Crippen LogP contribution in [0.1, 0.15) is 70.4 Å². The van der Waals surface area contributed by atoms with Crippen LogP contribution >= 0.6 is 11.3 Å². The molecule has 2 fully saturated rings. The Bertz CT molecular complexity index is 1270. The number of nitrogens with one attached hydrogen (secondary N) is 1. The zero-order chi connectivity index (χ0) is 27.3. The van der Waals surface area contributed by atoms with E-state index in [1.807, 2.05) is 30.3 Å². The van der Waals surface area contributed by atoms with Gasteiger partial charge in [0.15, 0.2) is 0 Å². The van der Waals surface area contributed by atoms with Crippen molar-refractivity contribution in [1.82, 2.24) is 20.0 Å². The molecule has 2 atom stereocenters. The molecule has 6 nitrogen and oxygen atoms in total. The van der Waals surface area contributed by atoms with E-state index < -0.39 is 5.92 Å². The lowest BCUT2D eigenvalue weighted by Crippen LogP contribution is -2.51. The number of thiophene rings is 1. The summed E-state index contributed by atoms with van der Waals surface area (Å²) in [6, 6.07) is 22.5. The van der Waals surface area contributed by atoms with Crippen LogP contribution in [0.4, 0.5) is 0 Å². The average Bonchev–Trinajstić information content (AvgIpc) is 3.72. The molecule has 1 aliphatic carbocycles. The molecule has 40 heavy (non-hydrogen) atoms. The lowest BCUT2D eigenvalue weighted by molar-refractivity contribution is -0.124. The van der Waals surface area contributed by atoms with Crippen LogP contribution in [0.15, 0.2) is 72.1 Å². The van der Waals surface area contributed by atoms with Gasteiger partial charge >= 0.3 is 0 Å². The number of hydrogen-bond acceptors (Lipinski definition) is 5. The van der Waals surface area contributed by atoms with Gasteiger partial charge in [-0.25, -0.2) is 0 Å². The van der Waals surface area contributed by atoms with Crippen LogP contribution in [-0.4, -0.2) is 71.8 Å². The molecule has 2 aliphatic heterocycles. The van der Waals surface area contributed by atoms with Crippen LogP contribution in [0.25, 0.3) is 0 Å². The molecule has 2 aromatic carbocycles. The van der Waals surface area contributed by atoms with E-state index in [1.165, 1.54) is 5.56 Å². The van der Waals surface area contributed by atoms with E-state index in [1.54, 1.807) is 11.3 Å². The predicted octanol–water partition coefficient (Wildman–Crippen LogP) is 5.30. The summed E-state index contributed by atoms with van der Waals surface area (Å²) in [4.78, 5) is 36.0. The van der Waals surface area contributed by atoms with Crippen molar-refractivity contribution < 1.29 is 9.59 Å². The first-order valence-corrected chi connectivity index (χ1v) is 15.8. The fourth-order valence-corrected chi connectivity index (χ4v) is 7.68. The average molecular weight is 557 g/mol. The van der Waals surface area contributed by atoms with Crippen molar-refractivity contribution in [2.45, 2.75) is 56.7 Å². The Morgan fingerprint density at radius 3 is 2.35 bits per heavy atom. The third-order valence-electron chi connectivity index (χ3n) is 8.88. The van der Waals surface area contributed by atoms with Crippen LogP contribution in [0.5, 0.6) is 0 Å². The van der Waals surface area contributed by atoms with Crippen LogP contribution in [0, 0.1) is 0 Å². The lowest BCUT2D eigenvalue weighted by Gasteiger charge is -2.44. The highest BCUT2D eigenvalue weighted by Gasteiger charge is 2.47. The van der Waals surface area contributed by atoms with Gasteiger partial charge in [0.1, 0.15) is 0 Å². The topological polar surface area (TPSA) is 55.9 Å². The number of carbonyl (C=O) groups excluding carboxylic acids is 2. The minimum Gasteiger partial charge on any atom is -0.355 e. The van der Waals surface area contributed by atoms with Crippen LogP contribution in [0.3, 0.4) is 0 Å². The zero-order valence-corrected chi connectivity index (χ0v) is 24.0. The maximum absolute atomic E-state index is 13.9. The molecule has 0 bridgehead atoms. The molecule has 6 rings (SSSR count). The number of piperazine rings is 1. The summed E-state index contributed by atoms with van der Waals surface area (Å²) in [7, 11) is 0. The first-order valence-electron chi connectivity index (χ1n) is 14.9. The smallest absolute Gasteiger partial charge is 0.254 e. The number of amides is 2. The Morgan fingerprint density at radius 1 is 0.875 bits per heavy atom. The molecule has 210 valence electrons. The van der Waals surface area contributed by atoms with Gasteiger partial charge in [0.05, 0.1) is 12.0 Å². The van der Waals surface area contributed by atoms with E-state index in [-0.39, 0.29) is 23.9 Å². The summed E-state index contributed by atoms with van der Waals surface area (Å²) in [5.74, 6) is -0.278. The van der Waals surface area contributed by atoms with Gasteiger partial charge in [-0.15, -0.1) is 11.3 Å². The number of hydrogen-bond donors (Lipinski definition) is 1. The van der Waals surface area contributed by atoms with Gasteiger partial charge in [-0.2, -0.15) is 0 Å². The molecule has 2 unspecified atom stereocenters. The molecule has 1 N–H and O–H groups in total. The second kappa shape index (κ2) is 12.7. The third kappa shape index (κ3) is 5.87. The Balaban J connectivity index is 1.09. The van der Waals surface area contributed by atoms with Gasteiger partial charge in [0.25, 0.3) is 5.91 Å². The zero-order valence-electron chi connectivity index (χ0n) is 23.2. The molecular weight excluding hydrogens is 516 g/mol. The minimum atomic E-state index is -0.394. The Hall–Kier alpha value is -3.00. The molecule has 0 radical (unpaired) electrons. The summed E-state index contributed by atoms with van der Waals surface area (Å²) in [6.07, 6.45) is 5.24. The molecule has 1 aromatic heterocycles. The van der Waals surface area contributed by atoms with Gasteiger partial charge in [0.2, 0.25) is 5.91 Å². The van der Waals surface area contributed by atoms with Gasteiger partial charge in [-0.3, -0.25) is 14.5 Å². The largest absolute Gasteiger partial charge is 0.355 e. The molecule has 0 spiro atoms. The summed E-state index contributed by atoms with van der Waals surface area (Å²) >= 11 is 1.65. The predicted molar refractivity (Wildman–Crippen MR) is 160 cm³/mol. The van der Waals surface area contributed by atoms with E-state index in [2.05, 4.69) is 61.8 Å². The standard InChI is InChI=1S/C33H40N4O2S/c38-32(34-17-9-18-35-19-21-36(22-20-35)24-25-10-2-1-3-11-25)30-27-14-6-7-15-28(27)33(39)37(26-12-4-5-13-26)31(30)29-16-8-23-40-29/h1-3,6-8,10-11,14-16,23,26,30-31H,4-5,9,12-13,17-22,24H2,(H,34,38). The van der Waals surface area contributed by atoms with Gasteiger partial charge in [0, 0.05) is 55.8 Å². The first kappa shape index (κ1) is 27.2. The van der Waals surface area contributed by atoms with Crippen molar-refractivity contribution in [3.05, 3.63) is 93.7 Å². The van der Waals surface area contributed by atoms with E-state index >= 15 is 0 Å². The lowest BCUT2D eigenvalue weighted by atomic mass is 9.80. The molecule has 1 saturated carbocycles. The van der Waals surface area contributed by atoms with Crippen LogP contribution in [0.2, 0.25) is 0 Å². The van der Waals surface area contributed by atoms with Crippen molar-refractivity contribution in [2.75, 3.05) is 39.3 Å². The highest BCUT2D eigenvalue weighted by Crippen LogP contribution is 2.47. The second-order valence-corrected chi connectivity index (χ2v) is 12.4. The maximum Gasteiger partial charge on any atom is 0.254 e. The van der Waals surface area contributed by atoms with E-state index in [9.17, 15) is 9.59 Å². The molecule has 7 heteroatoms. The maximum atomic E-state index is 13.9. The van der Waals surface area contributed by atoms with Crippen LogP contribution in [-0.2, 0) is 11.3 Å². The van der Waals surface area contributed by atoms with E-state index in [0.29, 0.717) is 12.1 Å². The van der Waals surface area contributed by atoms with Crippen molar-refractivity contribution in [1.29, 1.82) is 0 Å². The summed E-state index contributed by atoms with van der Waals surface area (Å²) in [5.41, 5.74) is 2.93. The highest BCUT2D eigenvalue weighted by molar-refractivity contribution is 7.10. The van der Waals surface area contributed by atoms with Crippen molar-refractivity contribution in [3.8, 4) is 0 Å². The number of fused-ring (bicyclic) bond motifs is 1. The van der Waals surface area contributed by atoms with Crippen LogP contribution < -0.4 is 5.32 Å². The number of rotatable bonds is 9. The Morgan fingerprint density at radius 2 is 1.60 bits per heavy atom. The minimum absolute atomic E-state index is 0.0361. The first-order chi connectivity index (χ1) is 19.7. The number of carbonyl (C=O) groups is 2. The molecule has 3 aromatic rings. The Kier molecular flexibility index (Phi) is 8.61. The summed E-state index contributed by atoms with van der Waals surface area (Å²) < 4.78 is 0. The van der Waals surface area contributed by atoms with Gasteiger partial charge < -0.3 is 15.1 Å². The highest BCUT2D eigenvalue weighted by atomic mass is 32.1. The molecule has 2 amide bonds. The molecule has 3 heterocycles. The summed E-state index contributed by atoms with van der Waals surface area (Å²) in [6.45, 7) is 6.93. The Labute approximate surface area is 242 Å². The van der Waals surface area contributed by atoms with Crippen molar-refractivity contribution in [3.63, 3.8) is 0 Å². The fraction of sp³-hybridized carbons (Fsp3) is 0.455. The monoisotopic (exact) mass is 556 g/mol. The molecule has 3 aliphatic rings. The van der Waals surface area contributed by atoms with Gasteiger partial charge in [-0.1, -0.05) is 67.4 Å².